The van der Waals surface area contributed by atoms with Crippen LogP contribution in [0.4, 0.5) is 5.69 Å². The first-order valence-electron chi connectivity index (χ1n) is 9.81. The summed E-state index contributed by atoms with van der Waals surface area (Å²) in [6.07, 6.45) is 3.55. The first-order chi connectivity index (χ1) is 13.9. The molecule has 8 heteroatoms. The van der Waals surface area contributed by atoms with Crippen molar-refractivity contribution in [2.24, 2.45) is 0 Å². The van der Waals surface area contributed by atoms with Gasteiger partial charge in [0.25, 0.3) is 5.91 Å². The number of anilines is 1. The third-order valence-corrected chi connectivity index (χ3v) is 6.16. The number of rotatable bonds is 8. The monoisotopic (exact) mass is 458 g/mol. The van der Waals surface area contributed by atoms with Gasteiger partial charge in [-0.3, -0.25) is 9.48 Å². The maximum atomic E-state index is 12.6. The van der Waals surface area contributed by atoms with Crippen LogP contribution in [0.2, 0.25) is 0 Å². The standard InChI is InChI=1S/C21H27BrN6O/c1-5-26(6-2)11-12-27-14-18(13-23-27)24-21(29)17-7-9-19(10-8-17)28-16(4)20(22)15(3)25-28/h7-10,13-14H,5-6,11-12H2,1-4H3,(H,24,29). The van der Waals surface area contributed by atoms with E-state index in [-0.39, 0.29) is 5.91 Å². The highest BCUT2D eigenvalue weighted by Crippen LogP contribution is 2.23. The Labute approximate surface area is 179 Å². The van der Waals surface area contributed by atoms with Gasteiger partial charge in [-0.1, -0.05) is 13.8 Å². The highest BCUT2D eigenvalue weighted by Gasteiger charge is 2.12. The molecule has 3 aromatic rings. The molecule has 0 bridgehead atoms. The van der Waals surface area contributed by atoms with E-state index in [4.69, 9.17) is 0 Å². The van der Waals surface area contributed by atoms with Crippen molar-refractivity contribution in [1.29, 1.82) is 0 Å². The minimum atomic E-state index is -0.158. The van der Waals surface area contributed by atoms with E-state index in [1.165, 1.54) is 0 Å². The van der Waals surface area contributed by atoms with Crippen LogP contribution in [-0.2, 0) is 6.54 Å². The molecule has 0 saturated heterocycles. The van der Waals surface area contributed by atoms with E-state index in [0.29, 0.717) is 11.3 Å². The number of hydrogen-bond acceptors (Lipinski definition) is 4. The number of aromatic nitrogens is 4. The van der Waals surface area contributed by atoms with Gasteiger partial charge in [0, 0.05) is 18.3 Å². The minimum Gasteiger partial charge on any atom is -0.319 e. The third kappa shape index (κ3) is 4.94. The van der Waals surface area contributed by atoms with Crippen LogP contribution in [0, 0.1) is 13.8 Å². The zero-order valence-corrected chi connectivity index (χ0v) is 18.9. The van der Waals surface area contributed by atoms with Crippen molar-refractivity contribution < 1.29 is 4.79 Å². The fourth-order valence-corrected chi connectivity index (χ4v) is 3.41. The molecule has 2 aromatic heterocycles. The quantitative estimate of drug-likeness (QED) is 0.552. The summed E-state index contributed by atoms with van der Waals surface area (Å²) in [4.78, 5) is 14.9. The van der Waals surface area contributed by atoms with Gasteiger partial charge in [-0.15, -0.1) is 0 Å². The normalized spacial score (nSPS) is 11.2. The van der Waals surface area contributed by atoms with Crippen molar-refractivity contribution in [3.8, 4) is 5.69 Å². The molecule has 2 heterocycles. The molecule has 29 heavy (non-hydrogen) atoms. The summed E-state index contributed by atoms with van der Waals surface area (Å²) in [7, 11) is 0. The van der Waals surface area contributed by atoms with Crippen molar-refractivity contribution in [2.45, 2.75) is 34.2 Å². The second-order valence-electron chi connectivity index (χ2n) is 6.92. The lowest BCUT2D eigenvalue weighted by Gasteiger charge is -2.17. The number of nitrogens with one attached hydrogen (secondary N) is 1. The van der Waals surface area contributed by atoms with Crippen LogP contribution in [0.15, 0.2) is 41.1 Å². The van der Waals surface area contributed by atoms with Gasteiger partial charge >= 0.3 is 0 Å². The zero-order chi connectivity index (χ0) is 21.0. The van der Waals surface area contributed by atoms with Gasteiger partial charge in [0.2, 0.25) is 0 Å². The van der Waals surface area contributed by atoms with E-state index < -0.39 is 0 Å². The number of halogens is 1. The summed E-state index contributed by atoms with van der Waals surface area (Å²) in [5.41, 5.74) is 4.16. The van der Waals surface area contributed by atoms with E-state index in [2.05, 4.69) is 50.2 Å². The fraction of sp³-hybridized carbons (Fsp3) is 0.381. The number of carbonyl (C=O) groups excluding carboxylic acids is 1. The lowest BCUT2D eigenvalue weighted by Crippen LogP contribution is -2.27. The third-order valence-electron chi connectivity index (χ3n) is 5.01. The summed E-state index contributed by atoms with van der Waals surface area (Å²) in [6.45, 7) is 12.0. The van der Waals surface area contributed by atoms with Crippen LogP contribution in [0.25, 0.3) is 5.69 Å². The van der Waals surface area contributed by atoms with Crippen LogP contribution < -0.4 is 5.32 Å². The molecule has 0 atom stereocenters. The van der Waals surface area contributed by atoms with Crippen molar-refractivity contribution in [1.82, 2.24) is 24.5 Å². The molecule has 0 aliphatic rings. The second kappa shape index (κ2) is 9.37. The van der Waals surface area contributed by atoms with Crippen molar-refractivity contribution in [3.05, 3.63) is 58.1 Å². The number of benzene rings is 1. The van der Waals surface area contributed by atoms with Gasteiger partial charge in [0.15, 0.2) is 0 Å². The van der Waals surface area contributed by atoms with Crippen LogP contribution >= 0.6 is 15.9 Å². The Morgan fingerprint density at radius 3 is 2.45 bits per heavy atom. The highest BCUT2D eigenvalue weighted by molar-refractivity contribution is 9.10. The molecule has 1 aromatic carbocycles. The van der Waals surface area contributed by atoms with Gasteiger partial charge in [0.1, 0.15) is 0 Å². The van der Waals surface area contributed by atoms with Crippen molar-refractivity contribution in [3.63, 3.8) is 0 Å². The Bertz CT molecular complexity index is 972. The smallest absolute Gasteiger partial charge is 0.255 e. The number of likely N-dealkylation sites (N-methyl/N-ethyl adjacent to an activating group) is 1. The Hall–Kier alpha value is -2.45. The summed E-state index contributed by atoms with van der Waals surface area (Å²) in [5, 5.41) is 11.8. The predicted molar refractivity (Wildman–Crippen MR) is 119 cm³/mol. The summed E-state index contributed by atoms with van der Waals surface area (Å²) in [6, 6.07) is 7.41. The van der Waals surface area contributed by atoms with E-state index >= 15 is 0 Å². The summed E-state index contributed by atoms with van der Waals surface area (Å²) in [5.74, 6) is -0.158. The van der Waals surface area contributed by atoms with Crippen LogP contribution in [0.1, 0.15) is 35.6 Å². The van der Waals surface area contributed by atoms with Crippen LogP contribution in [0.5, 0.6) is 0 Å². The van der Waals surface area contributed by atoms with E-state index in [1.807, 2.05) is 41.5 Å². The SMILES string of the molecule is CCN(CC)CCn1cc(NC(=O)c2ccc(-n3nc(C)c(Br)c3C)cc2)cn1. The average Bonchev–Trinajstić information content (AvgIpc) is 3.28. The summed E-state index contributed by atoms with van der Waals surface area (Å²) < 4.78 is 4.72. The Morgan fingerprint density at radius 1 is 1.17 bits per heavy atom. The molecule has 1 amide bonds. The molecule has 0 saturated carbocycles. The molecule has 3 rings (SSSR count). The van der Waals surface area contributed by atoms with Crippen molar-refractivity contribution >= 4 is 27.5 Å². The first-order valence-corrected chi connectivity index (χ1v) is 10.6. The Balaban J connectivity index is 1.63. The molecular formula is C21H27BrN6O. The number of aryl methyl sites for hydroxylation is 1. The fourth-order valence-electron chi connectivity index (χ4n) is 3.17. The van der Waals surface area contributed by atoms with Crippen LogP contribution in [0.3, 0.4) is 0 Å². The molecular weight excluding hydrogens is 432 g/mol. The van der Waals surface area contributed by atoms with E-state index in [9.17, 15) is 4.79 Å². The van der Waals surface area contributed by atoms with Gasteiger partial charge in [-0.25, -0.2) is 4.68 Å². The Kier molecular flexibility index (Phi) is 6.87. The molecule has 0 radical (unpaired) electrons. The van der Waals surface area contributed by atoms with Gasteiger partial charge in [-0.05, 0) is 67.1 Å². The van der Waals surface area contributed by atoms with Gasteiger partial charge in [-0.2, -0.15) is 10.2 Å². The molecule has 0 aliphatic carbocycles. The first kappa shape index (κ1) is 21.3. The maximum Gasteiger partial charge on any atom is 0.255 e. The maximum absolute atomic E-state index is 12.6. The summed E-state index contributed by atoms with van der Waals surface area (Å²) >= 11 is 3.54. The molecule has 1 N–H and O–H groups in total. The molecule has 7 nitrogen and oxygen atoms in total. The van der Waals surface area contributed by atoms with E-state index in [0.717, 1.165) is 47.7 Å². The largest absolute Gasteiger partial charge is 0.319 e. The molecule has 154 valence electrons. The molecule has 0 unspecified atom stereocenters. The molecule has 0 fully saturated rings. The Morgan fingerprint density at radius 2 is 1.86 bits per heavy atom. The number of amides is 1. The molecule has 0 aliphatic heterocycles. The number of carbonyl (C=O) groups is 1. The number of nitrogens with zero attached hydrogens (tertiary/aromatic N) is 5. The predicted octanol–water partition coefficient (Wildman–Crippen LogP) is 4.04. The zero-order valence-electron chi connectivity index (χ0n) is 17.3. The topological polar surface area (TPSA) is 68.0 Å². The van der Waals surface area contributed by atoms with Gasteiger partial charge in [0.05, 0.1) is 40.0 Å². The van der Waals surface area contributed by atoms with Gasteiger partial charge < -0.3 is 10.2 Å². The lowest BCUT2D eigenvalue weighted by molar-refractivity contribution is 0.102. The molecule has 0 spiro atoms. The van der Waals surface area contributed by atoms with Crippen molar-refractivity contribution in [2.75, 3.05) is 25.0 Å². The number of hydrogen-bond donors (Lipinski definition) is 1. The minimum absolute atomic E-state index is 0.158. The lowest BCUT2D eigenvalue weighted by atomic mass is 10.2. The van der Waals surface area contributed by atoms with Crippen LogP contribution in [-0.4, -0.2) is 50.0 Å². The second-order valence-corrected chi connectivity index (χ2v) is 7.71. The van der Waals surface area contributed by atoms with E-state index in [1.54, 1.807) is 18.3 Å². The average molecular weight is 459 g/mol. The highest BCUT2D eigenvalue weighted by atomic mass is 79.9.